The summed E-state index contributed by atoms with van der Waals surface area (Å²) in [6, 6.07) is 20.2. The van der Waals surface area contributed by atoms with Crippen molar-refractivity contribution >= 4 is 51.9 Å². The lowest BCUT2D eigenvalue weighted by Crippen LogP contribution is -2.38. The van der Waals surface area contributed by atoms with Crippen LogP contribution in [0.1, 0.15) is 60.6 Å². The van der Waals surface area contributed by atoms with Gasteiger partial charge in [0.25, 0.3) is 0 Å². The van der Waals surface area contributed by atoms with Crippen LogP contribution in [0.5, 0.6) is 0 Å². The molecule has 8 heteroatoms. The summed E-state index contributed by atoms with van der Waals surface area (Å²) in [5, 5.41) is 5.74. The molecular weight excluding hydrogens is 581 g/mol. The maximum Gasteiger partial charge on any atom is 0.174 e. The highest BCUT2D eigenvalue weighted by molar-refractivity contribution is 7.80. The number of aromatic nitrogens is 2. The van der Waals surface area contributed by atoms with Gasteiger partial charge in [0.05, 0.1) is 28.5 Å². The molecule has 2 fully saturated rings. The number of pyridine rings is 1. The first kappa shape index (κ1) is 29.0. The number of hydrogen-bond acceptors (Lipinski definition) is 3. The highest BCUT2D eigenvalue weighted by Gasteiger charge is 2.43. The van der Waals surface area contributed by atoms with Gasteiger partial charge < -0.3 is 19.7 Å². The van der Waals surface area contributed by atoms with Crippen LogP contribution in [0.3, 0.4) is 0 Å². The van der Waals surface area contributed by atoms with E-state index in [1.807, 2.05) is 36.5 Å². The molecule has 4 atom stereocenters. The van der Waals surface area contributed by atoms with Crippen molar-refractivity contribution < 1.29 is 0 Å². The van der Waals surface area contributed by atoms with Gasteiger partial charge in [-0.2, -0.15) is 0 Å². The zero-order valence-corrected chi connectivity index (χ0v) is 27.1. The van der Waals surface area contributed by atoms with E-state index in [9.17, 15) is 0 Å². The number of benzene rings is 2. The van der Waals surface area contributed by atoms with Crippen LogP contribution in [0.4, 0.5) is 11.4 Å². The molecule has 4 heterocycles. The Balaban J connectivity index is 1.47. The van der Waals surface area contributed by atoms with E-state index in [-0.39, 0.29) is 12.1 Å². The molecule has 0 aliphatic carbocycles. The van der Waals surface area contributed by atoms with E-state index in [0.29, 0.717) is 22.0 Å². The summed E-state index contributed by atoms with van der Waals surface area (Å²) < 4.78 is 2.29. The summed E-state index contributed by atoms with van der Waals surface area (Å²) in [7, 11) is 0. The molecule has 0 spiro atoms. The number of nitrogens with one attached hydrogen (secondary N) is 1. The normalized spacial score (nSPS) is 22.5. The van der Waals surface area contributed by atoms with Crippen molar-refractivity contribution in [1.29, 1.82) is 0 Å². The van der Waals surface area contributed by atoms with Crippen molar-refractivity contribution in [3.05, 3.63) is 105 Å². The largest absolute Gasteiger partial charge is 0.370 e. The minimum Gasteiger partial charge on any atom is -0.370 e. The van der Waals surface area contributed by atoms with Crippen LogP contribution >= 0.6 is 35.4 Å². The zero-order valence-electron chi connectivity index (χ0n) is 24.7. The Kier molecular flexibility index (Phi) is 7.99. The molecule has 2 saturated heterocycles. The molecule has 5 nitrogen and oxygen atoms in total. The first-order valence-corrected chi connectivity index (χ1v) is 15.8. The molecule has 0 amide bonds. The van der Waals surface area contributed by atoms with Crippen LogP contribution in [0.25, 0.3) is 5.69 Å². The summed E-state index contributed by atoms with van der Waals surface area (Å²) in [4.78, 5) is 9.42. The molecule has 0 radical (unpaired) electrons. The predicted octanol–water partition coefficient (Wildman–Crippen LogP) is 8.76. The second-order valence-corrected chi connectivity index (χ2v) is 13.2. The van der Waals surface area contributed by atoms with Crippen LogP contribution in [0.2, 0.25) is 10.0 Å². The Labute approximate surface area is 264 Å². The van der Waals surface area contributed by atoms with Gasteiger partial charge in [0, 0.05) is 52.6 Å². The van der Waals surface area contributed by atoms with Crippen molar-refractivity contribution in [2.75, 3.05) is 22.9 Å². The van der Waals surface area contributed by atoms with Crippen molar-refractivity contribution in [2.45, 2.75) is 53.1 Å². The average molecular weight is 619 g/mol. The molecule has 1 N–H and O–H groups in total. The van der Waals surface area contributed by atoms with E-state index in [4.69, 9.17) is 40.4 Å². The molecule has 218 valence electrons. The van der Waals surface area contributed by atoms with Gasteiger partial charge in [-0.3, -0.25) is 4.98 Å². The fraction of sp³-hybridized carbons (Fsp3) is 0.353. The topological polar surface area (TPSA) is 36.3 Å². The smallest absolute Gasteiger partial charge is 0.174 e. The van der Waals surface area contributed by atoms with Gasteiger partial charge in [0.1, 0.15) is 0 Å². The number of rotatable bonds is 5. The summed E-state index contributed by atoms with van der Waals surface area (Å²) in [6.45, 7) is 13.2. The molecule has 2 aromatic heterocycles. The van der Waals surface area contributed by atoms with Gasteiger partial charge in [-0.05, 0) is 105 Å². The zero-order chi connectivity index (χ0) is 29.7. The van der Waals surface area contributed by atoms with Crippen molar-refractivity contribution in [1.82, 2.24) is 14.9 Å². The summed E-state index contributed by atoms with van der Waals surface area (Å²) in [6.07, 6.45) is 3.09. The Bertz CT molecular complexity index is 1620. The van der Waals surface area contributed by atoms with E-state index in [0.717, 1.165) is 46.6 Å². The van der Waals surface area contributed by atoms with Crippen LogP contribution in [0, 0.1) is 32.6 Å². The molecule has 6 rings (SSSR count). The molecule has 0 saturated carbocycles. The third-order valence-electron chi connectivity index (χ3n) is 8.89. The van der Waals surface area contributed by atoms with E-state index < -0.39 is 0 Å². The van der Waals surface area contributed by atoms with Crippen LogP contribution in [-0.4, -0.2) is 27.8 Å². The van der Waals surface area contributed by atoms with Crippen molar-refractivity contribution in [2.24, 2.45) is 11.8 Å². The quantitative estimate of drug-likeness (QED) is 0.226. The molecule has 2 aliphatic rings. The molecule has 2 aliphatic heterocycles. The molecule has 4 aromatic rings. The van der Waals surface area contributed by atoms with E-state index in [2.05, 4.69) is 84.6 Å². The second-order valence-electron chi connectivity index (χ2n) is 12.0. The molecule has 2 aromatic carbocycles. The minimum absolute atomic E-state index is 0.136. The highest BCUT2D eigenvalue weighted by atomic mass is 35.5. The monoisotopic (exact) mass is 617 g/mol. The Hall–Kier alpha value is -3.06. The lowest BCUT2D eigenvalue weighted by Gasteiger charge is -2.37. The summed E-state index contributed by atoms with van der Waals surface area (Å²) in [5.74, 6) is 1.28. The maximum atomic E-state index is 7.06. The Morgan fingerprint density at radius 1 is 0.881 bits per heavy atom. The first-order chi connectivity index (χ1) is 20.1. The van der Waals surface area contributed by atoms with Crippen molar-refractivity contribution in [3.63, 3.8) is 0 Å². The van der Waals surface area contributed by atoms with Gasteiger partial charge in [-0.1, -0.05) is 49.2 Å². The third kappa shape index (κ3) is 5.18. The lowest BCUT2D eigenvalue weighted by atomic mass is 9.91. The van der Waals surface area contributed by atoms with Gasteiger partial charge in [-0.15, -0.1) is 0 Å². The lowest BCUT2D eigenvalue weighted by molar-refractivity contribution is 0.357. The number of thiocarbonyl (C=S) groups is 1. The predicted molar refractivity (Wildman–Crippen MR) is 180 cm³/mol. The molecular formula is C34H37Cl2N5S. The van der Waals surface area contributed by atoms with Gasteiger partial charge in [0.2, 0.25) is 0 Å². The minimum atomic E-state index is -0.145. The standard InChI is InChI=1S/C34H37Cl2N5S/c1-20-15-21(2)19-39(18-20)30-13-12-27(17-28(30)36)41-33(32(38-34(41)42)29-11-6-7-14-37-29)31-22(3)23(4)40(24(31)5)26-10-8-9-25(35)16-26/h6-14,16-17,20-21,32-33H,15,18-19H2,1-5H3,(H,38,42)/t20-,21-,32+,33-/m1/s1. The molecule has 42 heavy (non-hydrogen) atoms. The summed E-state index contributed by atoms with van der Waals surface area (Å²) in [5.41, 5.74) is 8.79. The van der Waals surface area contributed by atoms with Crippen molar-refractivity contribution in [3.8, 4) is 5.69 Å². The van der Waals surface area contributed by atoms with E-state index >= 15 is 0 Å². The second kappa shape index (κ2) is 11.6. The Morgan fingerprint density at radius 2 is 1.64 bits per heavy atom. The van der Waals surface area contributed by atoms with Crippen LogP contribution in [-0.2, 0) is 0 Å². The van der Waals surface area contributed by atoms with E-state index in [1.165, 1.54) is 23.2 Å². The summed E-state index contributed by atoms with van der Waals surface area (Å²) >= 11 is 19.5. The van der Waals surface area contributed by atoms with Gasteiger partial charge in [0.15, 0.2) is 5.11 Å². The fourth-order valence-corrected chi connectivity index (χ4v) is 7.96. The van der Waals surface area contributed by atoms with Crippen LogP contribution in [0.15, 0.2) is 66.9 Å². The number of hydrogen-bond donors (Lipinski definition) is 1. The third-order valence-corrected chi connectivity index (χ3v) is 9.74. The number of anilines is 2. The Morgan fingerprint density at radius 3 is 2.31 bits per heavy atom. The van der Waals surface area contributed by atoms with Crippen LogP contribution < -0.4 is 15.1 Å². The average Bonchev–Trinajstić information content (AvgIpc) is 3.40. The molecule has 0 unspecified atom stereocenters. The first-order valence-electron chi connectivity index (χ1n) is 14.6. The number of piperidine rings is 1. The number of halogens is 2. The van der Waals surface area contributed by atoms with E-state index in [1.54, 1.807) is 0 Å². The molecule has 0 bridgehead atoms. The number of nitrogens with zero attached hydrogens (tertiary/aromatic N) is 4. The maximum absolute atomic E-state index is 7.06. The van der Waals surface area contributed by atoms with Gasteiger partial charge in [-0.25, -0.2) is 0 Å². The highest BCUT2D eigenvalue weighted by Crippen LogP contribution is 2.46. The fourth-order valence-electron chi connectivity index (χ4n) is 7.13. The SMILES string of the molecule is Cc1c([C@@H]2[C@H](c3ccccn3)NC(=S)N2c2ccc(N3C[C@H](C)C[C@@H](C)C3)c(Cl)c2)c(C)n(-c2cccc(Cl)c2)c1C. The van der Waals surface area contributed by atoms with Gasteiger partial charge >= 0.3 is 0 Å².